The molecule has 3 nitrogen and oxygen atoms in total. The molecule has 0 N–H and O–H groups in total. The van der Waals surface area contributed by atoms with Crippen LogP contribution in [0.3, 0.4) is 0 Å². The van der Waals surface area contributed by atoms with E-state index in [0.717, 1.165) is 19.5 Å². The fourth-order valence-electron chi connectivity index (χ4n) is 4.03. The molecule has 0 spiro atoms. The molecule has 0 aromatic carbocycles. The minimum atomic E-state index is -0.153. The Labute approximate surface area is 145 Å². The van der Waals surface area contributed by atoms with Crippen LogP contribution in [0.2, 0.25) is 0 Å². The summed E-state index contributed by atoms with van der Waals surface area (Å²) in [7, 11) is 0. The van der Waals surface area contributed by atoms with E-state index < -0.39 is 0 Å². The zero-order chi connectivity index (χ0) is 16.7. The normalized spacial score (nSPS) is 18.8. The summed E-state index contributed by atoms with van der Waals surface area (Å²) in [6.07, 6.45) is 7.32. The molecular formula is C19H31NO2S. The number of likely N-dealkylation sites (N-methyl/N-ethyl adjacent to an activating group) is 1. The van der Waals surface area contributed by atoms with Crippen molar-refractivity contribution in [2.24, 2.45) is 5.92 Å². The molecule has 1 aliphatic rings. The van der Waals surface area contributed by atoms with Gasteiger partial charge in [0.25, 0.3) is 0 Å². The van der Waals surface area contributed by atoms with Crippen LogP contribution < -0.4 is 0 Å². The van der Waals surface area contributed by atoms with Gasteiger partial charge in [0.2, 0.25) is 0 Å². The van der Waals surface area contributed by atoms with Crippen LogP contribution in [0.4, 0.5) is 0 Å². The molecule has 0 amide bonds. The first-order chi connectivity index (χ1) is 11.2. The lowest BCUT2D eigenvalue weighted by Gasteiger charge is -2.42. The first kappa shape index (κ1) is 18.5. The predicted molar refractivity (Wildman–Crippen MR) is 96.9 cm³/mol. The topological polar surface area (TPSA) is 29.5 Å². The number of hydrogen-bond acceptors (Lipinski definition) is 4. The number of hydrogen-bond donors (Lipinski definition) is 0. The van der Waals surface area contributed by atoms with Gasteiger partial charge in [-0.3, -0.25) is 9.69 Å². The number of ether oxygens (including phenoxy) is 1. The van der Waals surface area contributed by atoms with Gasteiger partial charge >= 0.3 is 5.97 Å². The Bertz CT molecular complexity index is 450. The highest BCUT2D eigenvalue weighted by atomic mass is 32.1. The van der Waals surface area contributed by atoms with Crippen molar-refractivity contribution in [3.8, 4) is 0 Å². The van der Waals surface area contributed by atoms with Gasteiger partial charge in [-0.05, 0) is 43.3 Å². The Hall–Kier alpha value is -0.870. The van der Waals surface area contributed by atoms with E-state index in [2.05, 4.69) is 36.3 Å². The molecule has 0 saturated heterocycles. The van der Waals surface area contributed by atoms with Crippen LogP contribution in [-0.2, 0) is 16.0 Å². The van der Waals surface area contributed by atoms with Gasteiger partial charge in [-0.25, -0.2) is 0 Å². The zero-order valence-electron chi connectivity index (χ0n) is 14.8. The maximum Gasteiger partial charge on any atom is 0.302 e. The summed E-state index contributed by atoms with van der Waals surface area (Å²) in [5.74, 6) is 0.493. The molecule has 23 heavy (non-hydrogen) atoms. The second kappa shape index (κ2) is 9.43. The highest BCUT2D eigenvalue weighted by molar-refractivity contribution is 7.09. The van der Waals surface area contributed by atoms with Gasteiger partial charge in [-0.1, -0.05) is 39.2 Å². The average molecular weight is 338 g/mol. The number of carbonyl (C=O) groups is 1. The van der Waals surface area contributed by atoms with Crippen molar-refractivity contribution < 1.29 is 9.53 Å². The van der Waals surface area contributed by atoms with Gasteiger partial charge in [0.05, 0.1) is 0 Å². The van der Waals surface area contributed by atoms with Crippen LogP contribution in [0, 0.1) is 5.92 Å². The van der Waals surface area contributed by atoms with Gasteiger partial charge in [-0.15, -0.1) is 11.3 Å². The number of esters is 1. The zero-order valence-corrected chi connectivity index (χ0v) is 15.6. The molecule has 0 unspecified atom stereocenters. The third-order valence-electron chi connectivity index (χ3n) is 5.05. The summed E-state index contributed by atoms with van der Waals surface area (Å²) in [5.41, 5.74) is 0. The first-order valence-corrected chi connectivity index (χ1v) is 9.97. The average Bonchev–Trinajstić information content (AvgIpc) is 3.05. The standard InChI is InChI=1S/C19H31NO2S/c1-4-20(5-2)19(16-10-7-6-8-11-16)18(22-15(3)21)14-17-12-9-13-23-17/h9,12-13,16,18-19H,4-8,10-11,14H2,1-3H3/t18-,19+/m0/s1. The highest BCUT2D eigenvalue weighted by Crippen LogP contribution is 2.33. The number of carbonyl (C=O) groups excluding carboxylic acids is 1. The molecule has 4 heteroatoms. The van der Waals surface area contributed by atoms with Crippen molar-refractivity contribution in [3.05, 3.63) is 22.4 Å². The molecule has 1 aromatic heterocycles. The van der Waals surface area contributed by atoms with Crippen LogP contribution in [0.25, 0.3) is 0 Å². The first-order valence-electron chi connectivity index (χ1n) is 9.09. The smallest absolute Gasteiger partial charge is 0.302 e. The molecule has 1 heterocycles. The lowest BCUT2D eigenvalue weighted by molar-refractivity contribution is -0.151. The molecule has 0 radical (unpaired) electrons. The Morgan fingerprint density at radius 1 is 1.30 bits per heavy atom. The molecule has 2 rings (SSSR count). The Morgan fingerprint density at radius 3 is 2.52 bits per heavy atom. The van der Waals surface area contributed by atoms with Crippen molar-refractivity contribution in [1.82, 2.24) is 4.90 Å². The fraction of sp³-hybridized carbons (Fsp3) is 0.737. The van der Waals surface area contributed by atoms with E-state index in [-0.39, 0.29) is 12.1 Å². The Balaban J connectivity index is 2.22. The summed E-state index contributed by atoms with van der Waals surface area (Å²) in [6, 6.07) is 4.58. The summed E-state index contributed by atoms with van der Waals surface area (Å²) >= 11 is 1.76. The summed E-state index contributed by atoms with van der Waals surface area (Å²) < 4.78 is 5.85. The van der Waals surface area contributed by atoms with Crippen molar-refractivity contribution in [3.63, 3.8) is 0 Å². The minimum absolute atomic E-state index is 0.0332. The fourth-order valence-corrected chi connectivity index (χ4v) is 4.78. The summed E-state index contributed by atoms with van der Waals surface area (Å²) in [5, 5.41) is 2.10. The molecule has 0 aliphatic heterocycles. The van der Waals surface area contributed by atoms with E-state index in [9.17, 15) is 4.79 Å². The van der Waals surface area contributed by atoms with Crippen molar-refractivity contribution >= 4 is 17.3 Å². The summed E-state index contributed by atoms with van der Waals surface area (Å²) in [4.78, 5) is 15.6. The number of nitrogens with zero attached hydrogens (tertiary/aromatic N) is 1. The Morgan fingerprint density at radius 2 is 2.00 bits per heavy atom. The van der Waals surface area contributed by atoms with Crippen LogP contribution in [0.15, 0.2) is 17.5 Å². The van der Waals surface area contributed by atoms with Gasteiger partial charge in [0.1, 0.15) is 6.10 Å². The van der Waals surface area contributed by atoms with Gasteiger partial charge in [0, 0.05) is 24.3 Å². The minimum Gasteiger partial charge on any atom is -0.460 e. The second-order valence-corrected chi connectivity index (χ2v) is 7.57. The maximum atomic E-state index is 11.7. The molecule has 2 atom stereocenters. The lowest BCUT2D eigenvalue weighted by Crippen LogP contribution is -2.51. The van der Waals surface area contributed by atoms with Crippen molar-refractivity contribution in [1.29, 1.82) is 0 Å². The van der Waals surface area contributed by atoms with Crippen LogP contribution in [-0.4, -0.2) is 36.1 Å². The molecular weight excluding hydrogens is 306 g/mol. The lowest BCUT2D eigenvalue weighted by atomic mass is 9.80. The third-order valence-corrected chi connectivity index (χ3v) is 5.95. The highest BCUT2D eigenvalue weighted by Gasteiger charge is 2.36. The van der Waals surface area contributed by atoms with E-state index in [1.165, 1.54) is 37.0 Å². The predicted octanol–water partition coefficient (Wildman–Crippen LogP) is 4.51. The van der Waals surface area contributed by atoms with Gasteiger partial charge in [-0.2, -0.15) is 0 Å². The van der Waals surface area contributed by atoms with Crippen molar-refractivity contribution in [2.75, 3.05) is 13.1 Å². The van der Waals surface area contributed by atoms with E-state index in [0.29, 0.717) is 12.0 Å². The molecule has 0 bridgehead atoms. The molecule has 1 aliphatic carbocycles. The third kappa shape index (κ3) is 5.32. The van der Waals surface area contributed by atoms with E-state index in [4.69, 9.17) is 4.74 Å². The van der Waals surface area contributed by atoms with E-state index >= 15 is 0 Å². The number of rotatable bonds is 8. The quantitative estimate of drug-likeness (QED) is 0.654. The second-order valence-electron chi connectivity index (χ2n) is 6.54. The maximum absolute atomic E-state index is 11.7. The van der Waals surface area contributed by atoms with Gasteiger partial charge < -0.3 is 4.74 Å². The summed E-state index contributed by atoms with van der Waals surface area (Å²) in [6.45, 7) is 8.01. The van der Waals surface area contributed by atoms with E-state index in [1.807, 2.05) is 0 Å². The van der Waals surface area contributed by atoms with Crippen LogP contribution in [0.1, 0.15) is 57.8 Å². The van der Waals surface area contributed by atoms with Gasteiger partial charge in [0.15, 0.2) is 0 Å². The van der Waals surface area contributed by atoms with Crippen LogP contribution in [0.5, 0.6) is 0 Å². The van der Waals surface area contributed by atoms with Crippen molar-refractivity contribution in [2.45, 2.75) is 71.4 Å². The molecule has 1 fully saturated rings. The monoisotopic (exact) mass is 337 g/mol. The molecule has 1 aromatic rings. The van der Waals surface area contributed by atoms with E-state index in [1.54, 1.807) is 18.3 Å². The number of thiophene rings is 1. The molecule has 1 saturated carbocycles. The SMILES string of the molecule is CCN(CC)[C@H](C1CCCCC1)[C@H](Cc1cccs1)OC(C)=O. The largest absolute Gasteiger partial charge is 0.460 e. The molecule has 130 valence electrons. The Kier molecular flexibility index (Phi) is 7.57. The van der Waals surface area contributed by atoms with Crippen LogP contribution >= 0.6 is 11.3 Å².